The van der Waals surface area contributed by atoms with Crippen molar-refractivity contribution in [2.75, 3.05) is 34.4 Å². The second-order valence-corrected chi connectivity index (χ2v) is 5.92. The van der Waals surface area contributed by atoms with E-state index in [9.17, 15) is 4.79 Å². The van der Waals surface area contributed by atoms with Gasteiger partial charge in [-0.2, -0.15) is 0 Å². The molecule has 0 aliphatic heterocycles. The average Bonchev–Trinajstić information content (AvgIpc) is 2.62. The van der Waals surface area contributed by atoms with Gasteiger partial charge in [-0.05, 0) is 12.3 Å². The number of carbonyl (C=O) groups is 1. The van der Waals surface area contributed by atoms with Crippen LogP contribution in [0.2, 0.25) is 0 Å². The molecule has 0 aliphatic rings. The first-order valence-corrected chi connectivity index (χ1v) is 8.29. The summed E-state index contributed by atoms with van der Waals surface area (Å²) >= 11 is 0. The summed E-state index contributed by atoms with van der Waals surface area (Å²) in [4.78, 5) is 13.9. The van der Waals surface area contributed by atoms with Crippen molar-refractivity contribution >= 4 is 18.3 Å². The number of nitrogens with zero attached hydrogens (tertiary/aromatic N) is 1. The predicted octanol–water partition coefficient (Wildman–Crippen LogP) is 2.73. The smallest absolute Gasteiger partial charge is 0.239 e. The van der Waals surface area contributed by atoms with E-state index in [-0.39, 0.29) is 24.2 Å². The van der Waals surface area contributed by atoms with Crippen molar-refractivity contribution in [3.05, 3.63) is 18.2 Å². The molecule has 0 aromatic heterocycles. The largest absolute Gasteiger partial charge is 0.496 e. The van der Waals surface area contributed by atoms with Gasteiger partial charge in [0.15, 0.2) is 0 Å². The first-order valence-electron chi connectivity index (χ1n) is 8.29. The lowest BCUT2D eigenvalue weighted by Crippen LogP contribution is -2.45. The van der Waals surface area contributed by atoms with E-state index in [1.165, 1.54) is 0 Å². The molecule has 7 heteroatoms. The van der Waals surface area contributed by atoms with E-state index in [1.54, 1.807) is 44.4 Å². The van der Waals surface area contributed by atoms with E-state index in [1.807, 2.05) is 13.8 Å². The molecular formula is C18H31ClN2O4. The minimum absolute atomic E-state index is 0. The van der Waals surface area contributed by atoms with Gasteiger partial charge < -0.3 is 24.8 Å². The van der Waals surface area contributed by atoms with Crippen LogP contribution in [0.3, 0.4) is 0 Å². The Kier molecular flexibility index (Phi) is 11.0. The number of amides is 1. The first kappa shape index (κ1) is 23.3. The van der Waals surface area contributed by atoms with Gasteiger partial charge in [0.1, 0.15) is 17.2 Å². The van der Waals surface area contributed by atoms with Crippen LogP contribution in [-0.4, -0.2) is 51.3 Å². The molecule has 1 aromatic rings. The molecule has 2 atom stereocenters. The van der Waals surface area contributed by atoms with Crippen molar-refractivity contribution in [1.29, 1.82) is 0 Å². The van der Waals surface area contributed by atoms with Gasteiger partial charge in [-0.15, -0.1) is 12.4 Å². The molecule has 0 radical (unpaired) electrons. The van der Waals surface area contributed by atoms with Crippen molar-refractivity contribution in [2.45, 2.75) is 32.7 Å². The molecule has 0 spiro atoms. The van der Waals surface area contributed by atoms with E-state index in [2.05, 4.69) is 0 Å². The Hall–Kier alpha value is -1.66. The molecule has 1 aromatic carbocycles. The summed E-state index contributed by atoms with van der Waals surface area (Å²) in [5.74, 6) is 2.19. The van der Waals surface area contributed by atoms with Gasteiger partial charge >= 0.3 is 0 Å². The number of nitrogens with two attached hydrogens (primary N) is 1. The summed E-state index contributed by atoms with van der Waals surface area (Å²) in [6.07, 6.45) is 1.61. The first-order chi connectivity index (χ1) is 11.4. The van der Waals surface area contributed by atoms with Gasteiger partial charge in [-0.3, -0.25) is 4.79 Å². The number of hydrogen-bond acceptors (Lipinski definition) is 5. The van der Waals surface area contributed by atoms with Crippen LogP contribution in [0.5, 0.6) is 17.2 Å². The molecule has 0 fully saturated rings. The van der Waals surface area contributed by atoms with Crippen LogP contribution in [0.1, 0.15) is 26.7 Å². The Bertz CT molecular complexity index is 506. The SMILES string of the molecule is CCC(C)C(N)C(=O)N(C)CCCOc1cc(OC)cc(OC)c1.Cl. The minimum Gasteiger partial charge on any atom is -0.496 e. The third kappa shape index (κ3) is 7.40. The van der Waals surface area contributed by atoms with Gasteiger partial charge in [0.25, 0.3) is 0 Å². The van der Waals surface area contributed by atoms with Gasteiger partial charge in [0.05, 0.1) is 26.9 Å². The summed E-state index contributed by atoms with van der Waals surface area (Å²) < 4.78 is 16.1. The Labute approximate surface area is 157 Å². The zero-order valence-electron chi connectivity index (χ0n) is 15.8. The van der Waals surface area contributed by atoms with Crippen LogP contribution in [0.4, 0.5) is 0 Å². The number of halogens is 1. The summed E-state index contributed by atoms with van der Waals surface area (Å²) in [5.41, 5.74) is 5.98. The van der Waals surface area contributed by atoms with E-state index in [4.69, 9.17) is 19.9 Å². The molecule has 0 saturated heterocycles. The Morgan fingerprint density at radius 1 is 1.16 bits per heavy atom. The van der Waals surface area contributed by atoms with Gasteiger partial charge in [-0.1, -0.05) is 20.3 Å². The molecule has 1 rings (SSSR count). The van der Waals surface area contributed by atoms with E-state index in [0.29, 0.717) is 30.4 Å². The lowest BCUT2D eigenvalue weighted by atomic mass is 9.99. The molecule has 1 amide bonds. The fourth-order valence-corrected chi connectivity index (χ4v) is 2.22. The fourth-order valence-electron chi connectivity index (χ4n) is 2.22. The molecule has 6 nitrogen and oxygen atoms in total. The quantitative estimate of drug-likeness (QED) is 0.637. The highest BCUT2D eigenvalue weighted by molar-refractivity contribution is 5.85. The zero-order chi connectivity index (χ0) is 18.1. The van der Waals surface area contributed by atoms with Crippen LogP contribution < -0.4 is 19.9 Å². The van der Waals surface area contributed by atoms with Crippen LogP contribution in [0.25, 0.3) is 0 Å². The van der Waals surface area contributed by atoms with Crippen LogP contribution in [-0.2, 0) is 4.79 Å². The maximum atomic E-state index is 12.2. The second kappa shape index (κ2) is 11.8. The average molecular weight is 375 g/mol. The van der Waals surface area contributed by atoms with Gasteiger partial charge in [0, 0.05) is 31.8 Å². The molecule has 144 valence electrons. The fraction of sp³-hybridized carbons (Fsp3) is 0.611. The third-order valence-corrected chi connectivity index (χ3v) is 4.15. The molecule has 0 aliphatic carbocycles. The second-order valence-electron chi connectivity index (χ2n) is 5.92. The number of rotatable bonds is 10. The number of benzene rings is 1. The highest BCUT2D eigenvalue weighted by atomic mass is 35.5. The van der Waals surface area contributed by atoms with Crippen molar-refractivity contribution in [3.8, 4) is 17.2 Å². The van der Waals surface area contributed by atoms with E-state index in [0.717, 1.165) is 12.8 Å². The lowest BCUT2D eigenvalue weighted by molar-refractivity contribution is -0.132. The van der Waals surface area contributed by atoms with E-state index < -0.39 is 6.04 Å². The predicted molar refractivity (Wildman–Crippen MR) is 102 cm³/mol. The van der Waals surface area contributed by atoms with Gasteiger partial charge in [0.2, 0.25) is 5.91 Å². The highest BCUT2D eigenvalue weighted by Crippen LogP contribution is 2.27. The summed E-state index contributed by atoms with van der Waals surface area (Å²) in [6.45, 7) is 5.13. The highest BCUT2D eigenvalue weighted by Gasteiger charge is 2.22. The monoisotopic (exact) mass is 374 g/mol. The lowest BCUT2D eigenvalue weighted by Gasteiger charge is -2.24. The Balaban J connectivity index is 0.00000576. The molecule has 2 unspecified atom stereocenters. The Morgan fingerprint density at radius 2 is 1.68 bits per heavy atom. The molecule has 0 bridgehead atoms. The van der Waals surface area contributed by atoms with Crippen molar-refractivity contribution < 1.29 is 19.0 Å². The molecule has 0 saturated carbocycles. The molecule has 0 heterocycles. The van der Waals surface area contributed by atoms with Crippen LogP contribution in [0.15, 0.2) is 18.2 Å². The molecular weight excluding hydrogens is 344 g/mol. The van der Waals surface area contributed by atoms with Crippen molar-refractivity contribution in [2.24, 2.45) is 11.7 Å². The summed E-state index contributed by atoms with van der Waals surface area (Å²) in [7, 11) is 4.97. The van der Waals surface area contributed by atoms with E-state index >= 15 is 0 Å². The third-order valence-electron chi connectivity index (χ3n) is 4.15. The molecule has 25 heavy (non-hydrogen) atoms. The number of carbonyl (C=O) groups excluding carboxylic acids is 1. The van der Waals surface area contributed by atoms with Crippen LogP contribution in [0, 0.1) is 5.92 Å². The minimum atomic E-state index is -0.441. The normalized spacial score (nSPS) is 12.6. The standard InChI is InChI=1S/C18H30N2O4.ClH/c1-6-13(2)17(19)18(21)20(3)8-7-9-24-16-11-14(22-4)10-15(12-16)23-5;/h10-13,17H,6-9,19H2,1-5H3;1H. The number of likely N-dealkylation sites (N-methyl/N-ethyl adjacent to an activating group) is 1. The number of hydrogen-bond donors (Lipinski definition) is 1. The summed E-state index contributed by atoms with van der Waals surface area (Å²) in [5, 5.41) is 0. The van der Waals surface area contributed by atoms with Crippen molar-refractivity contribution in [1.82, 2.24) is 4.90 Å². The summed E-state index contributed by atoms with van der Waals surface area (Å²) in [6, 6.07) is 4.95. The van der Waals surface area contributed by atoms with Crippen molar-refractivity contribution in [3.63, 3.8) is 0 Å². The number of methoxy groups -OCH3 is 2. The topological polar surface area (TPSA) is 74.0 Å². The Morgan fingerprint density at radius 3 is 2.16 bits per heavy atom. The maximum Gasteiger partial charge on any atom is 0.239 e. The zero-order valence-corrected chi connectivity index (χ0v) is 16.6. The van der Waals surface area contributed by atoms with Gasteiger partial charge in [-0.25, -0.2) is 0 Å². The van der Waals surface area contributed by atoms with Crippen LogP contribution >= 0.6 is 12.4 Å². The number of ether oxygens (including phenoxy) is 3. The molecule has 2 N–H and O–H groups in total. The maximum absolute atomic E-state index is 12.2.